The fourth-order valence-corrected chi connectivity index (χ4v) is 1.33. The van der Waals surface area contributed by atoms with E-state index >= 15 is 0 Å². The molecule has 0 aliphatic heterocycles. The molecule has 0 saturated heterocycles. The molecule has 3 N–H and O–H groups in total. The Morgan fingerprint density at radius 2 is 2.21 bits per heavy atom. The number of methoxy groups -OCH3 is 1. The van der Waals surface area contributed by atoms with Gasteiger partial charge in [0.15, 0.2) is 6.61 Å². The van der Waals surface area contributed by atoms with Crippen molar-refractivity contribution in [3.63, 3.8) is 0 Å². The van der Waals surface area contributed by atoms with Crippen LogP contribution in [0.2, 0.25) is 0 Å². The van der Waals surface area contributed by atoms with E-state index in [2.05, 4.69) is 11.9 Å². The minimum absolute atomic E-state index is 0.163. The molecule has 1 aromatic rings. The van der Waals surface area contributed by atoms with E-state index in [1.807, 2.05) is 0 Å². The van der Waals surface area contributed by atoms with Gasteiger partial charge in [0.2, 0.25) is 0 Å². The Bertz CT molecular complexity index is 486. The van der Waals surface area contributed by atoms with Crippen LogP contribution in [0.15, 0.2) is 30.9 Å². The molecule has 0 atom stereocenters. The summed E-state index contributed by atoms with van der Waals surface area (Å²) in [4.78, 5) is 22.6. The largest absolute Gasteiger partial charge is 0.497 e. The first-order chi connectivity index (χ1) is 9.08. The number of rotatable bonds is 7. The quantitative estimate of drug-likeness (QED) is 0.701. The van der Waals surface area contributed by atoms with Crippen molar-refractivity contribution < 1.29 is 19.1 Å². The standard InChI is InChI=1S/C13H16N2O4/c1-3-6-15-12(16)8-19-11-5-4-9(18-2)7-10(11)13(14)17/h3-5,7H,1,6,8H2,2H3,(H2,14,17)(H,15,16). The van der Waals surface area contributed by atoms with Gasteiger partial charge in [0.1, 0.15) is 11.5 Å². The van der Waals surface area contributed by atoms with Crippen molar-refractivity contribution in [2.24, 2.45) is 5.73 Å². The van der Waals surface area contributed by atoms with Crippen LogP contribution in [0.4, 0.5) is 0 Å². The van der Waals surface area contributed by atoms with E-state index in [-0.39, 0.29) is 23.8 Å². The molecule has 102 valence electrons. The van der Waals surface area contributed by atoms with Gasteiger partial charge in [0, 0.05) is 6.54 Å². The van der Waals surface area contributed by atoms with Gasteiger partial charge in [-0.05, 0) is 18.2 Å². The summed E-state index contributed by atoms with van der Waals surface area (Å²) in [6.45, 7) is 3.62. The van der Waals surface area contributed by atoms with E-state index in [4.69, 9.17) is 15.2 Å². The summed E-state index contributed by atoms with van der Waals surface area (Å²) in [6.07, 6.45) is 1.56. The molecule has 1 rings (SSSR count). The second-order valence-corrected chi connectivity index (χ2v) is 3.61. The molecule has 1 aromatic carbocycles. The number of ether oxygens (including phenoxy) is 2. The third-order valence-electron chi connectivity index (χ3n) is 2.25. The van der Waals surface area contributed by atoms with Crippen molar-refractivity contribution in [2.75, 3.05) is 20.3 Å². The van der Waals surface area contributed by atoms with Crippen LogP contribution < -0.4 is 20.5 Å². The molecular weight excluding hydrogens is 248 g/mol. The van der Waals surface area contributed by atoms with Gasteiger partial charge >= 0.3 is 0 Å². The van der Waals surface area contributed by atoms with E-state index < -0.39 is 5.91 Å². The number of carbonyl (C=O) groups excluding carboxylic acids is 2. The predicted molar refractivity (Wildman–Crippen MR) is 70.2 cm³/mol. The SMILES string of the molecule is C=CCNC(=O)COc1ccc(OC)cc1C(N)=O. The zero-order valence-corrected chi connectivity index (χ0v) is 10.6. The molecule has 0 aromatic heterocycles. The Labute approximate surface area is 111 Å². The number of nitrogens with two attached hydrogens (primary N) is 1. The van der Waals surface area contributed by atoms with Gasteiger partial charge in [-0.15, -0.1) is 6.58 Å². The second-order valence-electron chi connectivity index (χ2n) is 3.61. The van der Waals surface area contributed by atoms with Gasteiger partial charge in [-0.3, -0.25) is 9.59 Å². The molecule has 2 amide bonds. The van der Waals surface area contributed by atoms with Crippen LogP contribution in [0, 0.1) is 0 Å². The van der Waals surface area contributed by atoms with E-state index in [1.165, 1.54) is 19.2 Å². The number of benzene rings is 1. The minimum atomic E-state index is -0.652. The van der Waals surface area contributed by atoms with Gasteiger partial charge < -0.3 is 20.5 Å². The van der Waals surface area contributed by atoms with Gasteiger partial charge in [0.25, 0.3) is 11.8 Å². The normalized spacial score (nSPS) is 9.53. The van der Waals surface area contributed by atoms with E-state index in [0.717, 1.165) is 0 Å². The van der Waals surface area contributed by atoms with Crippen LogP contribution in [0.5, 0.6) is 11.5 Å². The summed E-state index contributed by atoms with van der Waals surface area (Å²) in [7, 11) is 1.48. The van der Waals surface area contributed by atoms with Crippen LogP contribution in [-0.4, -0.2) is 32.1 Å². The number of nitrogens with one attached hydrogen (secondary N) is 1. The van der Waals surface area contributed by atoms with Crippen molar-refractivity contribution in [3.05, 3.63) is 36.4 Å². The van der Waals surface area contributed by atoms with E-state index in [9.17, 15) is 9.59 Å². The molecule has 0 spiro atoms. The monoisotopic (exact) mass is 264 g/mol. The lowest BCUT2D eigenvalue weighted by Gasteiger charge is -2.10. The van der Waals surface area contributed by atoms with Crippen LogP contribution in [0.3, 0.4) is 0 Å². The topological polar surface area (TPSA) is 90.7 Å². The van der Waals surface area contributed by atoms with Gasteiger partial charge in [-0.2, -0.15) is 0 Å². The minimum Gasteiger partial charge on any atom is -0.497 e. The molecule has 0 heterocycles. The van der Waals surface area contributed by atoms with Crippen molar-refractivity contribution >= 4 is 11.8 Å². The molecule has 0 aliphatic rings. The third kappa shape index (κ3) is 4.34. The number of primary amides is 1. The summed E-state index contributed by atoms with van der Waals surface area (Å²) < 4.78 is 10.2. The van der Waals surface area contributed by atoms with Gasteiger partial charge in [0.05, 0.1) is 12.7 Å². The first kappa shape index (κ1) is 14.6. The summed E-state index contributed by atoms with van der Waals surface area (Å²) in [6, 6.07) is 4.60. The number of carbonyl (C=O) groups is 2. The first-order valence-corrected chi connectivity index (χ1v) is 5.56. The van der Waals surface area contributed by atoms with E-state index in [0.29, 0.717) is 12.3 Å². The Morgan fingerprint density at radius 3 is 2.79 bits per heavy atom. The van der Waals surface area contributed by atoms with E-state index in [1.54, 1.807) is 12.1 Å². The molecule has 0 radical (unpaired) electrons. The van der Waals surface area contributed by atoms with Crippen LogP contribution >= 0.6 is 0 Å². The highest BCUT2D eigenvalue weighted by molar-refractivity contribution is 5.96. The zero-order chi connectivity index (χ0) is 14.3. The summed E-state index contributed by atoms with van der Waals surface area (Å²) in [5, 5.41) is 2.55. The number of hydrogen-bond donors (Lipinski definition) is 2. The molecule has 0 unspecified atom stereocenters. The molecular formula is C13H16N2O4. The Morgan fingerprint density at radius 1 is 1.47 bits per heavy atom. The summed E-state index contributed by atoms with van der Waals surface area (Å²) in [5.41, 5.74) is 5.40. The highest BCUT2D eigenvalue weighted by Crippen LogP contribution is 2.23. The fourth-order valence-electron chi connectivity index (χ4n) is 1.33. The molecule has 19 heavy (non-hydrogen) atoms. The van der Waals surface area contributed by atoms with Crippen LogP contribution in [0.1, 0.15) is 10.4 Å². The maximum atomic E-state index is 11.4. The summed E-state index contributed by atoms with van der Waals surface area (Å²) >= 11 is 0. The highest BCUT2D eigenvalue weighted by atomic mass is 16.5. The van der Waals surface area contributed by atoms with Crippen molar-refractivity contribution in [1.82, 2.24) is 5.32 Å². The lowest BCUT2D eigenvalue weighted by Crippen LogP contribution is -2.29. The summed E-state index contributed by atoms with van der Waals surface area (Å²) in [5.74, 6) is -0.245. The van der Waals surface area contributed by atoms with Crippen LogP contribution in [-0.2, 0) is 4.79 Å². The molecule has 0 saturated carbocycles. The van der Waals surface area contributed by atoms with Crippen molar-refractivity contribution in [2.45, 2.75) is 0 Å². The first-order valence-electron chi connectivity index (χ1n) is 5.56. The number of hydrogen-bond acceptors (Lipinski definition) is 4. The van der Waals surface area contributed by atoms with Gasteiger partial charge in [-0.1, -0.05) is 6.08 Å². The Kier molecular flexibility index (Phi) is 5.40. The fraction of sp³-hybridized carbons (Fsp3) is 0.231. The number of amides is 2. The molecule has 0 fully saturated rings. The predicted octanol–water partition coefficient (Wildman–Crippen LogP) is 0.475. The van der Waals surface area contributed by atoms with Crippen molar-refractivity contribution in [1.29, 1.82) is 0 Å². The average Bonchev–Trinajstić information content (AvgIpc) is 2.42. The Hall–Kier alpha value is -2.50. The van der Waals surface area contributed by atoms with Gasteiger partial charge in [-0.25, -0.2) is 0 Å². The average molecular weight is 264 g/mol. The lowest BCUT2D eigenvalue weighted by atomic mass is 10.2. The third-order valence-corrected chi connectivity index (χ3v) is 2.25. The molecule has 0 aliphatic carbocycles. The molecule has 6 nitrogen and oxygen atoms in total. The van der Waals surface area contributed by atoms with Crippen LogP contribution in [0.25, 0.3) is 0 Å². The Balaban J connectivity index is 2.74. The van der Waals surface area contributed by atoms with Crippen molar-refractivity contribution in [3.8, 4) is 11.5 Å². The highest BCUT2D eigenvalue weighted by Gasteiger charge is 2.12. The maximum Gasteiger partial charge on any atom is 0.258 e. The maximum absolute atomic E-state index is 11.4. The molecule has 0 bridgehead atoms. The second kappa shape index (κ2) is 7.05. The smallest absolute Gasteiger partial charge is 0.258 e. The molecule has 6 heteroatoms. The lowest BCUT2D eigenvalue weighted by molar-refractivity contribution is -0.122. The zero-order valence-electron chi connectivity index (χ0n) is 10.6.